The smallest absolute Gasteiger partial charge is 0.405 e. The second kappa shape index (κ2) is 8.52. The second-order valence-electron chi connectivity index (χ2n) is 4.68. The van der Waals surface area contributed by atoms with Gasteiger partial charge in [-0.05, 0) is 19.4 Å². The van der Waals surface area contributed by atoms with Crippen LogP contribution in [0.3, 0.4) is 0 Å². The van der Waals surface area contributed by atoms with Crippen molar-refractivity contribution in [1.82, 2.24) is 0 Å². The number of carbonyl (C=O) groups excluding carboxylic acids is 2. The molecule has 1 rings (SSSR count). The van der Waals surface area contributed by atoms with Crippen LogP contribution in [0, 0.1) is 0 Å². The van der Waals surface area contributed by atoms with Gasteiger partial charge in [0.25, 0.3) is 0 Å². The average Bonchev–Trinajstić information content (AvgIpc) is 2.43. The maximum Gasteiger partial charge on any atom is 0.405 e. The Kier molecular flexibility index (Phi) is 7.02. The van der Waals surface area contributed by atoms with Gasteiger partial charge in [-0.2, -0.15) is 0 Å². The van der Waals surface area contributed by atoms with Gasteiger partial charge in [0, 0.05) is 17.0 Å². The van der Waals surface area contributed by atoms with E-state index in [0.29, 0.717) is 17.0 Å². The molecular weight excluding hydrogens is 294 g/mol. The van der Waals surface area contributed by atoms with E-state index in [9.17, 15) is 9.59 Å². The standard InChI is InChI=1S/C15H20ClNO4/c1-3-4-9-13(18)20-10(2)14(21-15(17)19)11-7-5-6-8-12(11)16/h5-8,10,14H,3-4,9H2,1-2H3,(H2,17,19)/t10-,14+/m0/s1. The van der Waals surface area contributed by atoms with Gasteiger partial charge >= 0.3 is 12.1 Å². The van der Waals surface area contributed by atoms with Crippen LogP contribution in [-0.4, -0.2) is 18.2 Å². The summed E-state index contributed by atoms with van der Waals surface area (Å²) >= 11 is 6.09. The van der Waals surface area contributed by atoms with Crippen LogP contribution in [0.5, 0.6) is 0 Å². The number of halogens is 1. The summed E-state index contributed by atoms with van der Waals surface area (Å²) in [7, 11) is 0. The van der Waals surface area contributed by atoms with Crippen LogP contribution in [0.25, 0.3) is 0 Å². The summed E-state index contributed by atoms with van der Waals surface area (Å²) in [6, 6.07) is 6.88. The van der Waals surface area contributed by atoms with Crippen LogP contribution >= 0.6 is 11.6 Å². The van der Waals surface area contributed by atoms with Gasteiger partial charge in [-0.1, -0.05) is 43.1 Å². The Morgan fingerprint density at radius 1 is 1.29 bits per heavy atom. The highest BCUT2D eigenvalue weighted by Gasteiger charge is 2.27. The van der Waals surface area contributed by atoms with Gasteiger partial charge in [0.05, 0.1) is 0 Å². The molecule has 116 valence electrons. The van der Waals surface area contributed by atoms with E-state index in [-0.39, 0.29) is 5.97 Å². The van der Waals surface area contributed by atoms with E-state index >= 15 is 0 Å². The van der Waals surface area contributed by atoms with Gasteiger partial charge in [0.1, 0.15) is 6.10 Å². The molecule has 0 unspecified atom stereocenters. The first-order chi connectivity index (χ1) is 9.95. The fourth-order valence-corrected chi connectivity index (χ4v) is 2.14. The van der Waals surface area contributed by atoms with Crippen LogP contribution in [0.1, 0.15) is 44.8 Å². The Morgan fingerprint density at radius 3 is 2.52 bits per heavy atom. The third-order valence-electron chi connectivity index (χ3n) is 2.93. The van der Waals surface area contributed by atoms with Crippen LogP contribution in [-0.2, 0) is 14.3 Å². The lowest BCUT2D eigenvalue weighted by atomic mass is 10.1. The minimum Gasteiger partial charge on any atom is -0.458 e. The van der Waals surface area contributed by atoms with Gasteiger partial charge in [-0.25, -0.2) is 4.79 Å². The van der Waals surface area contributed by atoms with E-state index in [2.05, 4.69) is 0 Å². The summed E-state index contributed by atoms with van der Waals surface area (Å²) in [5, 5.41) is 0.417. The fraction of sp³-hybridized carbons (Fsp3) is 0.467. The lowest BCUT2D eigenvalue weighted by molar-refractivity contribution is -0.154. The molecule has 0 aliphatic heterocycles. The van der Waals surface area contributed by atoms with Crippen LogP contribution in [0.4, 0.5) is 4.79 Å². The molecule has 0 bridgehead atoms. The number of primary amides is 1. The molecule has 0 radical (unpaired) electrons. The third-order valence-corrected chi connectivity index (χ3v) is 3.28. The normalized spacial score (nSPS) is 13.3. The Morgan fingerprint density at radius 2 is 1.95 bits per heavy atom. The number of benzene rings is 1. The highest BCUT2D eigenvalue weighted by Crippen LogP contribution is 2.29. The number of rotatable bonds is 7. The number of unbranched alkanes of at least 4 members (excludes halogenated alkanes) is 1. The fourth-order valence-electron chi connectivity index (χ4n) is 1.89. The zero-order valence-electron chi connectivity index (χ0n) is 12.2. The monoisotopic (exact) mass is 313 g/mol. The summed E-state index contributed by atoms with van der Waals surface area (Å²) in [6.45, 7) is 3.63. The van der Waals surface area contributed by atoms with Crippen molar-refractivity contribution in [2.45, 2.75) is 45.3 Å². The highest BCUT2D eigenvalue weighted by atomic mass is 35.5. The molecule has 2 N–H and O–H groups in total. The maximum absolute atomic E-state index is 11.7. The lowest BCUT2D eigenvalue weighted by Crippen LogP contribution is -2.29. The molecule has 1 aromatic carbocycles. The summed E-state index contributed by atoms with van der Waals surface area (Å²) in [6.07, 6.45) is -0.485. The first-order valence-corrected chi connectivity index (χ1v) is 7.23. The van der Waals surface area contributed by atoms with E-state index in [1.807, 2.05) is 6.92 Å². The van der Waals surface area contributed by atoms with Crippen LogP contribution in [0.2, 0.25) is 5.02 Å². The molecular formula is C15H20ClNO4. The van der Waals surface area contributed by atoms with E-state index in [1.165, 1.54) is 0 Å². The molecule has 21 heavy (non-hydrogen) atoms. The quantitative estimate of drug-likeness (QED) is 0.780. The molecule has 0 heterocycles. The van der Waals surface area contributed by atoms with E-state index in [4.69, 9.17) is 26.8 Å². The topological polar surface area (TPSA) is 78.6 Å². The number of esters is 1. The lowest BCUT2D eigenvalue weighted by Gasteiger charge is -2.24. The molecule has 0 aliphatic carbocycles. The summed E-state index contributed by atoms with van der Waals surface area (Å²) in [5.41, 5.74) is 5.63. The van der Waals surface area contributed by atoms with Crippen molar-refractivity contribution in [3.8, 4) is 0 Å². The molecule has 0 spiro atoms. The molecule has 1 aromatic rings. The average molecular weight is 314 g/mol. The van der Waals surface area contributed by atoms with Gasteiger partial charge in [0.2, 0.25) is 0 Å². The van der Waals surface area contributed by atoms with Gasteiger partial charge in [-0.15, -0.1) is 0 Å². The molecule has 1 amide bonds. The van der Waals surface area contributed by atoms with E-state index in [1.54, 1.807) is 31.2 Å². The molecule has 0 aromatic heterocycles. The SMILES string of the molecule is CCCCC(=O)O[C@@H](C)[C@@H](OC(N)=O)c1ccccc1Cl. The van der Waals surface area contributed by atoms with Gasteiger partial charge < -0.3 is 15.2 Å². The van der Waals surface area contributed by atoms with Crippen molar-refractivity contribution in [1.29, 1.82) is 0 Å². The van der Waals surface area contributed by atoms with Crippen molar-refractivity contribution in [2.24, 2.45) is 5.73 Å². The number of amides is 1. The van der Waals surface area contributed by atoms with E-state index < -0.39 is 18.3 Å². The molecule has 6 heteroatoms. The first-order valence-electron chi connectivity index (χ1n) is 6.85. The summed E-state index contributed by atoms with van der Waals surface area (Å²) < 4.78 is 10.4. The minimum absolute atomic E-state index is 0.326. The van der Waals surface area contributed by atoms with Crippen LogP contribution in [0.15, 0.2) is 24.3 Å². The predicted octanol–water partition coefficient (Wildman–Crippen LogP) is 3.60. The Balaban J connectivity index is 2.85. The molecule has 0 fully saturated rings. The summed E-state index contributed by atoms with van der Waals surface area (Å²) in [5.74, 6) is -0.338. The Bertz CT molecular complexity index is 492. The molecule has 2 atom stereocenters. The Labute approximate surface area is 129 Å². The number of carbonyl (C=O) groups is 2. The third kappa shape index (κ3) is 5.63. The van der Waals surface area contributed by atoms with Crippen molar-refractivity contribution in [2.75, 3.05) is 0 Å². The minimum atomic E-state index is -0.948. The number of hydrogen-bond acceptors (Lipinski definition) is 4. The zero-order chi connectivity index (χ0) is 15.8. The molecule has 5 nitrogen and oxygen atoms in total. The second-order valence-corrected chi connectivity index (χ2v) is 5.08. The first kappa shape index (κ1) is 17.3. The van der Waals surface area contributed by atoms with Gasteiger partial charge in [0.15, 0.2) is 6.10 Å². The largest absolute Gasteiger partial charge is 0.458 e. The maximum atomic E-state index is 11.7. The summed E-state index contributed by atoms with van der Waals surface area (Å²) in [4.78, 5) is 22.8. The van der Waals surface area contributed by atoms with Gasteiger partial charge in [-0.3, -0.25) is 4.79 Å². The molecule has 0 saturated heterocycles. The van der Waals surface area contributed by atoms with Crippen molar-refractivity contribution < 1.29 is 19.1 Å². The number of hydrogen-bond donors (Lipinski definition) is 1. The van der Waals surface area contributed by atoms with Crippen molar-refractivity contribution >= 4 is 23.7 Å². The zero-order valence-corrected chi connectivity index (χ0v) is 12.9. The molecule has 0 aliphatic rings. The van der Waals surface area contributed by atoms with Crippen molar-refractivity contribution in [3.63, 3.8) is 0 Å². The van der Waals surface area contributed by atoms with Crippen molar-refractivity contribution in [3.05, 3.63) is 34.9 Å². The number of ether oxygens (including phenoxy) is 2. The predicted molar refractivity (Wildman–Crippen MR) is 79.9 cm³/mol. The Hall–Kier alpha value is -1.75. The highest BCUT2D eigenvalue weighted by molar-refractivity contribution is 6.31. The van der Waals surface area contributed by atoms with E-state index in [0.717, 1.165) is 12.8 Å². The number of nitrogens with two attached hydrogens (primary N) is 1. The van der Waals surface area contributed by atoms with Crippen LogP contribution < -0.4 is 5.73 Å². The molecule has 0 saturated carbocycles.